The summed E-state index contributed by atoms with van der Waals surface area (Å²) in [6.07, 6.45) is 0.937. The minimum Gasteiger partial charge on any atom is -0.492 e. The second-order valence-electron chi connectivity index (χ2n) is 3.03. The van der Waals surface area contributed by atoms with Crippen LogP contribution in [0.2, 0.25) is 0 Å². The molecule has 0 aliphatic carbocycles. The van der Waals surface area contributed by atoms with E-state index in [1.807, 2.05) is 6.07 Å². The average molecular weight is 312 g/mol. The SMILES string of the molecule is Cl.NC1COc2ccc(I)cc2C1. The van der Waals surface area contributed by atoms with Gasteiger partial charge in [-0.25, -0.2) is 0 Å². The van der Waals surface area contributed by atoms with Crippen LogP contribution < -0.4 is 10.5 Å². The molecular weight excluding hydrogens is 300 g/mol. The van der Waals surface area contributed by atoms with Crippen molar-refractivity contribution in [3.63, 3.8) is 0 Å². The normalized spacial score (nSPS) is 19.7. The van der Waals surface area contributed by atoms with E-state index in [0.29, 0.717) is 6.61 Å². The molecule has 0 radical (unpaired) electrons. The van der Waals surface area contributed by atoms with Gasteiger partial charge in [-0.2, -0.15) is 0 Å². The molecule has 0 bridgehead atoms. The zero-order valence-electron chi connectivity index (χ0n) is 7.00. The van der Waals surface area contributed by atoms with Gasteiger partial charge in [0.15, 0.2) is 0 Å². The van der Waals surface area contributed by atoms with Crippen molar-refractivity contribution >= 4 is 35.0 Å². The van der Waals surface area contributed by atoms with Gasteiger partial charge in [0.25, 0.3) is 0 Å². The molecule has 0 spiro atoms. The van der Waals surface area contributed by atoms with Gasteiger partial charge < -0.3 is 10.5 Å². The van der Waals surface area contributed by atoms with Crippen molar-refractivity contribution in [3.05, 3.63) is 27.3 Å². The summed E-state index contributed by atoms with van der Waals surface area (Å²) in [5.74, 6) is 0.997. The molecule has 1 unspecified atom stereocenters. The molecule has 1 aliphatic heterocycles. The van der Waals surface area contributed by atoms with E-state index < -0.39 is 0 Å². The van der Waals surface area contributed by atoms with Crippen LogP contribution in [0.1, 0.15) is 5.56 Å². The second-order valence-corrected chi connectivity index (χ2v) is 4.27. The molecule has 0 saturated carbocycles. The van der Waals surface area contributed by atoms with Crippen molar-refractivity contribution in [3.8, 4) is 5.75 Å². The van der Waals surface area contributed by atoms with Crippen molar-refractivity contribution in [2.45, 2.75) is 12.5 Å². The summed E-state index contributed by atoms with van der Waals surface area (Å²) < 4.78 is 6.70. The number of halogens is 2. The van der Waals surface area contributed by atoms with Gasteiger partial charge in [-0.1, -0.05) is 0 Å². The Balaban J connectivity index is 0.000000845. The predicted molar refractivity (Wildman–Crippen MR) is 63.6 cm³/mol. The molecular formula is C9H11ClINO. The maximum atomic E-state index is 5.77. The first-order valence-corrected chi connectivity index (χ1v) is 5.00. The van der Waals surface area contributed by atoms with E-state index >= 15 is 0 Å². The van der Waals surface area contributed by atoms with E-state index in [1.165, 1.54) is 9.13 Å². The van der Waals surface area contributed by atoms with Gasteiger partial charge >= 0.3 is 0 Å². The van der Waals surface area contributed by atoms with E-state index in [1.54, 1.807) is 0 Å². The average Bonchev–Trinajstić information content (AvgIpc) is 2.03. The van der Waals surface area contributed by atoms with Crippen LogP contribution in [0.15, 0.2) is 18.2 Å². The predicted octanol–water partition coefficient (Wildman–Crippen LogP) is 1.98. The molecule has 0 amide bonds. The lowest BCUT2D eigenvalue weighted by atomic mass is 10.0. The third kappa shape index (κ3) is 2.48. The molecule has 72 valence electrons. The fraction of sp³-hybridized carbons (Fsp3) is 0.333. The molecule has 13 heavy (non-hydrogen) atoms. The smallest absolute Gasteiger partial charge is 0.122 e. The molecule has 1 aromatic rings. The molecule has 1 aliphatic rings. The van der Waals surface area contributed by atoms with Crippen molar-refractivity contribution in [2.75, 3.05) is 6.61 Å². The van der Waals surface area contributed by atoms with Gasteiger partial charge in [0.1, 0.15) is 12.4 Å². The van der Waals surface area contributed by atoms with Gasteiger partial charge in [-0.15, -0.1) is 12.4 Å². The lowest BCUT2D eigenvalue weighted by molar-refractivity contribution is 0.263. The van der Waals surface area contributed by atoms with Crippen molar-refractivity contribution in [1.82, 2.24) is 0 Å². The minimum atomic E-state index is 0. The summed E-state index contributed by atoms with van der Waals surface area (Å²) in [6.45, 7) is 0.646. The summed E-state index contributed by atoms with van der Waals surface area (Å²) >= 11 is 2.30. The molecule has 2 rings (SSSR count). The van der Waals surface area contributed by atoms with E-state index in [9.17, 15) is 0 Å². The van der Waals surface area contributed by atoms with Gasteiger partial charge in [-0.3, -0.25) is 0 Å². The maximum absolute atomic E-state index is 5.77. The van der Waals surface area contributed by atoms with Gasteiger partial charge in [0.05, 0.1) is 0 Å². The highest BCUT2D eigenvalue weighted by Gasteiger charge is 2.15. The number of hydrogen-bond donors (Lipinski definition) is 1. The van der Waals surface area contributed by atoms with Crippen LogP contribution in [-0.4, -0.2) is 12.6 Å². The Hall–Kier alpha value is -0.000000000000000111. The highest BCUT2D eigenvalue weighted by atomic mass is 127. The fourth-order valence-corrected chi connectivity index (χ4v) is 1.94. The van der Waals surface area contributed by atoms with Crippen LogP contribution in [0.5, 0.6) is 5.75 Å². The quantitative estimate of drug-likeness (QED) is 0.744. The highest BCUT2D eigenvalue weighted by molar-refractivity contribution is 14.1. The monoisotopic (exact) mass is 311 g/mol. The Bertz CT molecular complexity index is 306. The minimum absolute atomic E-state index is 0. The van der Waals surface area contributed by atoms with Crippen LogP contribution >= 0.6 is 35.0 Å². The molecule has 2 nitrogen and oxygen atoms in total. The molecule has 0 fully saturated rings. The first kappa shape index (κ1) is 11.1. The Morgan fingerprint density at radius 1 is 1.46 bits per heavy atom. The Morgan fingerprint density at radius 3 is 3.00 bits per heavy atom. The number of rotatable bonds is 0. The first-order chi connectivity index (χ1) is 5.75. The fourth-order valence-electron chi connectivity index (χ4n) is 1.39. The van der Waals surface area contributed by atoms with Gasteiger partial charge in [0.2, 0.25) is 0 Å². The first-order valence-electron chi connectivity index (χ1n) is 3.92. The summed E-state index contributed by atoms with van der Waals surface area (Å²) in [5.41, 5.74) is 7.01. The lowest BCUT2D eigenvalue weighted by Gasteiger charge is -2.22. The summed E-state index contributed by atoms with van der Waals surface area (Å²) in [7, 11) is 0. The zero-order chi connectivity index (χ0) is 8.55. The largest absolute Gasteiger partial charge is 0.492 e. The molecule has 1 atom stereocenters. The Kier molecular flexibility index (Phi) is 3.82. The van der Waals surface area contributed by atoms with E-state index in [0.717, 1.165) is 12.2 Å². The Labute approximate surface area is 97.4 Å². The van der Waals surface area contributed by atoms with Gasteiger partial charge in [-0.05, 0) is 52.8 Å². The highest BCUT2D eigenvalue weighted by Crippen LogP contribution is 2.25. The number of fused-ring (bicyclic) bond motifs is 1. The third-order valence-electron chi connectivity index (χ3n) is 1.96. The maximum Gasteiger partial charge on any atom is 0.122 e. The second kappa shape index (κ2) is 4.48. The van der Waals surface area contributed by atoms with Crippen LogP contribution in [0, 0.1) is 3.57 Å². The molecule has 1 heterocycles. The molecule has 2 N–H and O–H groups in total. The van der Waals surface area contributed by atoms with Crippen molar-refractivity contribution in [1.29, 1.82) is 0 Å². The molecule has 4 heteroatoms. The topological polar surface area (TPSA) is 35.2 Å². The summed E-state index contributed by atoms with van der Waals surface area (Å²) in [5, 5.41) is 0. The zero-order valence-corrected chi connectivity index (χ0v) is 9.97. The Morgan fingerprint density at radius 2 is 2.23 bits per heavy atom. The number of benzene rings is 1. The van der Waals surface area contributed by atoms with Crippen molar-refractivity contribution in [2.24, 2.45) is 5.73 Å². The summed E-state index contributed by atoms with van der Waals surface area (Å²) in [6, 6.07) is 6.37. The van der Waals surface area contributed by atoms with E-state index in [2.05, 4.69) is 34.7 Å². The lowest BCUT2D eigenvalue weighted by Crippen LogP contribution is -2.33. The van der Waals surface area contributed by atoms with Crippen LogP contribution in [0.25, 0.3) is 0 Å². The van der Waals surface area contributed by atoms with Gasteiger partial charge in [0, 0.05) is 9.61 Å². The van der Waals surface area contributed by atoms with E-state index in [-0.39, 0.29) is 18.4 Å². The van der Waals surface area contributed by atoms with Crippen LogP contribution in [-0.2, 0) is 6.42 Å². The number of ether oxygens (including phenoxy) is 1. The molecule has 0 aromatic heterocycles. The third-order valence-corrected chi connectivity index (χ3v) is 2.63. The standard InChI is InChI=1S/C9H10INO.ClH/c10-7-1-2-9-6(3-7)4-8(11)5-12-9;/h1-3,8H,4-5,11H2;1H. The van der Waals surface area contributed by atoms with Crippen LogP contribution in [0.3, 0.4) is 0 Å². The number of nitrogens with two attached hydrogens (primary N) is 1. The van der Waals surface area contributed by atoms with Crippen molar-refractivity contribution < 1.29 is 4.74 Å². The number of hydrogen-bond acceptors (Lipinski definition) is 2. The molecule has 0 saturated heterocycles. The van der Waals surface area contributed by atoms with E-state index in [4.69, 9.17) is 10.5 Å². The molecule has 1 aromatic carbocycles. The van der Waals surface area contributed by atoms with Crippen LogP contribution in [0.4, 0.5) is 0 Å². The summed E-state index contributed by atoms with van der Waals surface area (Å²) in [4.78, 5) is 0.